The van der Waals surface area contributed by atoms with E-state index >= 15 is 0 Å². The number of thioether (sulfide) groups is 1. The lowest BCUT2D eigenvalue weighted by molar-refractivity contribution is -0.142. The maximum absolute atomic E-state index is 5.35. The van der Waals surface area contributed by atoms with Crippen LogP contribution in [0.1, 0.15) is 6.42 Å². The second-order valence-electron chi connectivity index (χ2n) is 2.31. The fraction of sp³-hybridized carbons (Fsp3) is 1.00. The van der Waals surface area contributed by atoms with E-state index < -0.39 is 5.41 Å². The Bertz CT molecular complexity index is 112. The molecule has 3 nitrogen and oxygen atoms in total. The molecule has 0 heterocycles. The Hall–Kier alpha value is 0.447. The molecule has 2 N–H and O–H groups in total. The minimum absolute atomic E-state index is 0.623. The summed E-state index contributed by atoms with van der Waals surface area (Å²) in [6.07, 6.45) is 0.807. The molecule has 5 heteroatoms. The van der Waals surface area contributed by atoms with Gasteiger partial charge in [-0.1, -0.05) is 0 Å². The van der Waals surface area contributed by atoms with Crippen LogP contribution in [0.5, 0.6) is 0 Å². The van der Waals surface area contributed by atoms with E-state index in [1.165, 1.54) is 0 Å². The van der Waals surface area contributed by atoms with Gasteiger partial charge in [-0.15, -0.1) is 0 Å². The van der Waals surface area contributed by atoms with Gasteiger partial charge < -0.3 is 15.2 Å². The van der Waals surface area contributed by atoms with Gasteiger partial charge in [0, 0.05) is 32.9 Å². The van der Waals surface area contributed by atoms with Crippen LogP contribution in [0.4, 0.5) is 0 Å². The van der Waals surface area contributed by atoms with Crippen molar-refractivity contribution in [1.29, 1.82) is 0 Å². The van der Waals surface area contributed by atoms with Crippen molar-refractivity contribution in [2.75, 3.05) is 32.3 Å². The van der Waals surface area contributed by atoms with Crippen LogP contribution in [0.15, 0.2) is 0 Å². The molecule has 0 amide bonds. The summed E-state index contributed by atoms with van der Waals surface area (Å²) >= 11 is 1.79. The van der Waals surface area contributed by atoms with Gasteiger partial charge in [0.15, 0.2) is 0 Å². The van der Waals surface area contributed by atoms with Gasteiger partial charge in [-0.25, -0.2) is 0 Å². The highest BCUT2D eigenvalue weighted by atomic mass is 32.2. The summed E-state index contributed by atoms with van der Waals surface area (Å²) in [7, 11) is 6.63. The van der Waals surface area contributed by atoms with E-state index in [1.807, 2.05) is 0 Å². The number of hydrogen-bond acceptors (Lipinski definition) is 4. The summed E-state index contributed by atoms with van der Waals surface area (Å²) in [6, 6.07) is 0. The molecule has 0 spiro atoms. The summed E-state index contributed by atoms with van der Waals surface area (Å²) in [6.45, 7) is 0.722. The lowest BCUT2D eigenvalue weighted by Gasteiger charge is -2.26. The molecule has 0 aromatic carbocycles. The van der Waals surface area contributed by atoms with Crippen molar-refractivity contribution >= 4 is 22.0 Å². The summed E-state index contributed by atoms with van der Waals surface area (Å²) in [5.41, 5.74) is 4.72. The predicted octanol–water partition coefficient (Wildman–Crippen LogP) is 0.184. The molecular weight excluding hydrogens is 190 g/mol. The van der Waals surface area contributed by atoms with Crippen LogP contribution in [0, 0.1) is 0 Å². The third kappa shape index (κ3) is 5.16. The molecule has 0 bridgehead atoms. The maximum atomic E-state index is 5.35. The molecule has 0 saturated carbocycles. The molecule has 0 aliphatic heterocycles. The Balaban J connectivity index is 3.45. The van der Waals surface area contributed by atoms with Crippen molar-refractivity contribution in [2.24, 2.45) is 5.73 Å². The van der Waals surface area contributed by atoms with E-state index in [2.05, 4.69) is 10.2 Å². The highest BCUT2D eigenvalue weighted by molar-refractivity contribution is 7.99. The Labute approximate surface area is 81.8 Å². The predicted molar refractivity (Wildman–Crippen MR) is 53.5 cm³/mol. The van der Waals surface area contributed by atoms with Crippen molar-refractivity contribution in [1.82, 2.24) is 0 Å². The highest BCUT2D eigenvalue weighted by Gasteiger charge is 2.21. The van der Waals surface area contributed by atoms with Crippen LogP contribution in [-0.4, -0.2) is 47.9 Å². The molecule has 71 valence electrons. The molecule has 0 aliphatic rings. The van der Waals surface area contributed by atoms with Crippen LogP contribution < -0.4 is 5.73 Å². The van der Waals surface area contributed by atoms with E-state index in [4.69, 9.17) is 15.2 Å². The molecule has 0 rings (SSSR count). The second kappa shape index (κ2) is 6.91. The monoisotopic (exact) mass is 206 g/mol. The number of hydrogen-bond donors (Lipinski definition) is 1. The van der Waals surface area contributed by atoms with Gasteiger partial charge in [0.25, 0.3) is 0 Å². The van der Waals surface area contributed by atoms with E-state index in [0.717, 1.165) is 24.5 Å². The number of nitrogens with two attached hydrogens (primary N) is 1. The minimum atomic E-state index is -0.623. The quantitative estimate of drug-likeness (QED) is 0.367. The number of rotatable bonds is 7. The first-order valence-corrected chi connectivity index (χ1v) is 5.47. The van der Waals surface area contributed by atoms with E-state index in [-0.39, 0.29) is 0 Å². The molecule has 0 aliphatic carbocycles. The molecule has 0 unspecified atom stereocenters. The first-order chi connectivity index (χ1) is 5.68. The molecular formula is C7H16NO2SSi. The average molecular weight is 206 g/mol. The Kier molecular flexibility index (Phi) is 7.17. The van der Waals surface area contributed by atoms with Crippen molar-refractivity contribution < 1.29 is 9.47 Å². The van der Waals surface area contributed by atoms with Crippen LogP contribution >= 0.6 is 11.8 Å². The Morgan fingerprint density at radius 3 is 2.33 bits per heavy atom. The molecule has 0 atom stereocenters. The van der Waals surface area contributed by atoms with Gasteiger partial charge >= 0.3 is 0 Å². The molecule has 3 radical (unpaired) electrons. The van der Waals surface area contributed by atoms with Crippen molar-refractivity contribution in [3.8, 4) is 0 Å². The maximum Gasteiger partial charge on any atom is 0.144 e. The van der Waals surface area contributed by atoms with Gasteiger partial charge in [0.2, 0.25) is 0 Å². The lowest BCUT2D eigenvalue weighted by Crippen LogP contribution is -2.34. The van der Waals surface area contributed by atoms with Gasteiger partial charge in [-0.05, 0) is 5.75 Å². The van der Waals surface area contributed by atoms with Crippen LogP contribution in [0.2, 0.25) is 0 Å². The van der Waals surface area contributed by atoms with E-state index in [1.54, 1.807) is 26.0 Å². The largest absolute Gasteiger partial charge is 0.358 e. The fourth-order valence-corrected chi connectivity index (χ4v) is 1.77. The van der Waals surface area contributed by atoms with E-state index in [9.17, 15) is 0 Å². The normalized spacial score (nSPS) is 12.0. The SMILES string of the molecule is COC([Si])(CCSCCN)OC. The van der Waals surface area contributed by atoms with Crippen LogP contribution in [-0.2, 0) is 9.47 Å². The second-order valence-corrected chi connectivity index (χ2v) is 4.30. The lowest BCUT2D eigenvalue weighted by atomic mass is 10.4. The Morgan fingerprint density at radius 2 is 1.92 bits per heavy atom. The van der Waals surface area contributed by atoms with Crippen molar-refractivity contribution in [3.05, 3.63) is 0 Å². The van der Waals surface area contributed by atoms with Crippen molar-refractivity contribution in [3.63, 3.8) is 0 Å². The van der Waals surface area contributed by atoms with Gasteiger partial charge in [-0.2, -0.15) is 11.8 Å². The molecule has 0 fully saturated rings. The summed E-state index contributed by atoms with van der Waals surface area (Å²) in [5, 5.41) is 0. The molecule has 0 saturated heterocycles. The first-order valence-electron chi connectivity index (χ1n) is 3.81. The third-order valence-corrected chi connectivity index (χ3v) is 3.17. The van der Waals surface area contributed by atoms with Gasteiger partial charge in [0.1, 0.15) is 15.7 Å². The minimum Gasteiger partial charge on any atom is -0.358 e. The van der Waals surface area contributed by atoms with Gasteiger partial charge in [0.05, 0.1) is 0 Å². The molecule has 0 aromatic heterocycles. The van der Waals surface area contributed by atoms with Crippen LogP contribution in [0.3, 0.4) is 0 Å². The topological polar surface area (TPSA) is 44.5 Å². The smallest absolute Gasteiger partial charge is 0.144 e. The third-order valence-electron chi connectivity index (χ3n) is 1.50. The summed E-state index contributed by atoms with van der Waals surface area (Å²) in [4.78, 5) is 0. The zero-order chi connectivity index (χ0) is 9.45. The van der Waals surface area contributed by atoms with Gasteiger partial charge in [-0.3, -0.25) is 0 Å². The molecule has 0 aromatic rings. The summed E-state index contributed by atoms with van der Waals surface area (Å²) in [5.74, 6) is 1.96. The standard InChI is InChI=1S/C7H16NO2SSi/c1-9-7(12,10-2)3-5-11-6-4-8/h3-6,8H2,1-2H3. The van der Waals surface area contributed by atoms with Crippen LogP contribution in [0.25, 0.3) is 0 Å². The molecule has 12 heavy (non-hydrogen) atoms. The summed E-state index contributed by atoms with van der Waals surface area (Å²) < 4.78 is 10.2. The Morgan fingerprint density at radius 1 is 1.33 bits per heavy atom. The van der Waals surface area contributed by atoms with Crippen molar-refractivity contribution in [2.45, 2.75) is 11.8 Å². The zero-order valence-corrected chi connectivity index (χ0v) is 9.45. The number of ether oxygens (including phenoxy) is 2. The zero-order valence-electron chi connectivity index (χ0n) is 7.63. The first kappa shape index (κ1) is 12.4. The average Bonchev–Trinajstić information content (AvgIpc) is 2.12. The van der Waals surface area contributed by atoms with E-state index in [0.29, 0.717) is 0 Å². The fourth-order valence-electron chi connectivity index (χ4n) is 0.679. The highest BCUT2D eigenvalue weighted by Crippen LogP contribution is 2.14. The number of methoxy groups -OCH3 is 2.